The Hall–Kier alpha value is -0.120. The molecule has 1 fully saturated rings. The molecule has 3 heteroatoms. The highest BCUT2D eigenvalue weighted by Gasteiger charge is 2.27. The van der Waals surface area contributed by atoms with Crippen molar-refractivity contribution in [3.8, 4) is 0 Å². The number of aliphatic hydroxyl groups excluding tert-OH is 1. The molecular weight excluding hydrogens is 188 g/mol. The first-order chi connectivity index (χ1) is 7.07. The smallest absolute Gasteiger partial charge is 0.0446 e. The molecule has 3 nitrogen and oxygen atoms in total. The largest absolute Gasteiger partial charge is 0.396 e. The highest BCUT2D eigenvalue weighted by atomic mass is 16.3. The van der Waals surface area contributed by atoms with E-state index in [4.69, 9.17) is 5.11 Å². The van der Waals surface area contributed by atoms with E-state index in [1.165, 1.54) is 25.9 Å². The minimum absolute atomic E-state index is 0.280. The van der Waals surface area contributed by atoms with Crippen molar-refractivity contribution >= 4 is 0 Å². The third-order valence-corrected chi connectivity index (χ3v) is 3.34. The summed E-state index contributed by atoms with van der Waals surface area (Å²) in [5, 5.41) is 12.2. The maximum absolute atomic E-state index is 8.94. The highest BCUT2D eigenvalue weighted by molar-refractivity contribution is 4.82. The molecule has 90 valence electrons. The molecule has 1 aliphatic heterocycles. The van der Waals surface area contributed by atoms with Crippen molar-refractivity contribution in [1.29, 1.82) is 0 Å². The van der Waals surface area contributed by atoms with Crippen LogP contribution in [-0.2, 0) is 0 Å². The van der Waals surface area contributed by atoms with Gasteiger partial charge in [0.05, 0.1) is 0 Å². The maximum Gasteiger partial charge on any atom is 0.0446 e. The molecule has 0 spiro atoms. The standard InChI is InChI=1S/C12H26N2O/c1-12(2)6-4-7-14(10-12)9-11(13-3)5-8-15/h11,13,15H,4-10H2,1-3H3. The van der Waals surface area contributed by atoms with Gasteiger partial charge in [-0.15, -0.1) is 0 Å². The Morgan fingerprint density at radius 2 is 2.20 bits per heavy atom. The number of hydrogen-bond donors (Lipinski definition) is 2. The molecular formula is C12H26N2O. The van der Waals surface area contributed by atoms with E-state index in [2.05, 4.69) is 24.1 Å². The van der Waals surface area contributed by atoms with E-state index in [1.54, 1.807) is 0 Å². The van der Waals surface area contributed by atoms with Gasteiger partial charge in [0.15, 0.2) is 0 Å². The van der Waals surface area contributed by atoms with Crippen LogP contribution in [0.4, 0.5) is 0 Å². The van der Waals surface area contributed by atoms with E-state index in [1.807, 2.05) is 7.05 Å². The van der Waals surface area contributed by atoms with Gasteiger partial charge in [-0.2, -0.15) is 0 Å². The molecule has 0 aromatic heterocycles. The Kier molecular flexibility index (Phi) is 5.03. The summed E-state index contributed by atoms with van der Waals surface area (Å²) < 4.78 is 0. The van der Waals surface area contributed by atoms with E-state index in [0.29, 0.717) is 11.5 Å². The minimum Gasteiger partial charge on any atom is -0.396 e. The fourth-order valence-corrected chi connectivity index (χ4v) is 2.49. The summed E-state index contributed by atoms with van der Waals surface area (Å²) in [5.74, 6) is 0. The van der Waals surface area contributed by atoms with Crippen LogP contribution in [0.1, 0.15) is 33.1 Å². The number of hydrogen-bond acceptors (Lipinski definition) is 3. The number of nitrogens with one attached hydrogen (secondary N) is 1. The van der Waals surface area contributed by atoms with Crippen molar-refractivity contribution in [3.05, 3.63) is 0 Å². The number of likely N-dealkylation sites (tertiary alicyclic amines) is 1. The van der Waals surface area contributed by atoms with Gasteiger partial charge in [0, 0.05) is 25.7 Å². The molecule has 1 aliphatic rings. The van der Waals surface area contributed by atoms with Gasteiger partial charge in [-0.1, -0.05) is 13.8 Å². The first kappa shape index (κ1) is 12.9. The molecule has 0 amide bonds. The summed E-state index contributed by atoms with van der Waals surface area (Å²) in [5.41, 5.74) is 0.468. The summed E-state index contributed by atoms with van der Waals surface area (Å²) >= 11 is 0. The van der Waals surface area contributed by atoms with Crippen molar-refractivity contribution in [2.75, 3.05) is 33.3 Å². The lowest BCUT2D eigenvalue weighted by Gasteiger charge is -2.39. The predicted octanol–water partition coefficient (Wildman–Crippen LogP) is 1.08. The van der Waals surface area contributed by atoms with Crippen LogP contribution in [0.15, 0.2) is 0 Å². The average Bonchev–Trinajstić information content (AvgIpc) is 2.15. The molecule has 0 bridgehead atoms. The average molecular weight is 214 g/mol. The van der Waals surface area contributed by atoms with Crippen LogP contribution in [0.25, 0.3) is 0 Å². The Morgan fingerprint density at radius 1 is 1.47 bits per heavy atom. The van der Waals surface area contributed by atoms with Crippen LogP contribution in [0.2, 0.25) is 0 Å². The van der Waals surface area contributed by atoms with Crippen LogP contribution in [0.3, 0.4) is 0 Å². The van der Waals surface area contributed by atoms with E-state index in [9.17, 15) is 0 Å². The molecule has 0 saturated carbocycles. The van der Waals surface area contributed by atoms with Gasteiger partial charge < -0.3 is 15.3 Å². The quantitative estimate of drug-likeness (QED) is 0.719. The molecule has 15 heavy (non-hydrogen) atoms. The van der Waals surface area contributed by atoms with Crippen LogP contribution in [-0.4, -0.2) is 49.3 Å². The highest BCUT2D eigenvalue weighted by Crippen LogP contribution is 2.28. The lowest BCUT2D eigenvalue weighted by Crippen LogP contribution is -2.46. The second kappa shape index (κ2) is 5.83. The van der Waals surface area contributed by atoms with Gasteiger partial charge in [-0.3, -0.25) is 0 Å². The second-order valence-corrected chi connectivity index (χ2v) is 5.50. The van der Waals surface area contributed by atoms with Gasteiger partial charge >= 0.3 is 0 Å². The number of nitrogens with zero attached hydrogens (tertiary/aromatic N) is 1. The molecule has 1 atom stereocenters. The molecule has 0 aromatic carbocycles. The topological polar surface area (TPSA) is 35.5 Å². The van der Waals surface area contributed by atoms with Gasteiger partial charge in [-0.05, 0) is 38.3 Å². The van der Waals surface area contributed by atoms with Crippen molar-refractivity contribution < 1.29 is 5.11 Å². The van der Waals surface area contributed by atoms with Crippen LogP contribution in [0.5, 0.6) is 0 Å². The third kappa shape index (κ3) is 4.49. The number of rotatable bonds is 5. The molecule has 0 radical (unpaired) electrons. The normalized spacial score (nSPS) is 24.0. The Balaban J connectivity index is 2.36. The number of aliphatic hydroxyl groups is 1. The Morgan fingerprint density at radius 3 is 2.73 bits per heavy atom. The molecule has 1 rings (SSSR count). The monoisotopic (exact) mass is 214 g/mol. The van der Waals surface area contributed by atoms with Crippen molar-refractivity contribution in [2.24, 2.45) is 5.41 Å². The van der Waals surface area contributed by atoms with Crippen molar-refractivity contribution in [3.63, 3.8) is 0 Å². The molecule has 0 aromatic rings. The van der Waals surface area contributed by atoms with Gasteiger partial charge in [-0.25, -0.2) is 0 Å². The van der Waals surface area contributed by atoms with Crippen LogP contribution < -0.4 is 5.32 Å². The summed E-state index contributed by atoms with van der Waals surface area (Å²) in [6.45, 7) is 8.45. The zero-order chi connectivity index (χ0) is 11.3. The predicted molar refractivity (Wildman–Crippen MR) is 64.0 cm³/mol. The fourth-order valence-electron chi connectivity index (χ4n) is 2.49. The van der Waals surface area contributed by atoms with Gasteiger partial charge in [0.25, 0.3) is 0 Å². The van der Waals surface area contributed by atoms with Gasteiger partial charge in [0.2, 0.25) is 0 Å². The Bertz CT molecular complexity index is 182. The Labute approximate surface area is 93.9 Å². The lowest BCUT2D eigenvalue weighted by atomic mass is 9.84. The summed E-state index contributed by atoms with van der Waals surface area (Å²) in [4.78, 5) is 2.53. The lowest BCUT2D eigenvalue weighted by molar-refractivity contribution is 0.104. The molecule has 1 saturated heterocycles. The number of likely N-dealkylation sites (N-methyl/N-ethyl adjacent to an activating group) is 1. The zero-order valence-electron chi connectivity index (χ0n) is 10.4. The van der Waals surface area contributed by atoms with E-state index in [-0.39, 0.29) is 6.61 Å². The van der Waals surface area contributed by atoms with Gasteiger partial charge in [0.1, 0.15) is 0 Å². The molecule has 2 N–H and O–H groups in total. The van der Waals surface area contributed by atoms with Crippen LogP contribution in [0, 0.1) is 5.41 Å². The first-order valence-corrected chi connectivity index (χ1v) is 6.08. The molecule has 0 aliphatic carbocycles. The van der Waals surface area contributed by atoms with E-state index in [0.717, 1.165) is 13.0 Å². The maximum atomic E-state index is 8.94. The first-order valence-electron chi connectivity index (χ1n) is 6.08. The zero-order valence-corrected chi connectivity index (χ0v) is 10.4. The van der Waals surface area contributed by atoms with Crippen molar-refractivity contribution in [2.45, 2.75) is 39.2 Å². The van der Waals surface area contributed by atoms with E-state index >= 15 is 0 Å². The fraction of sp³-hybridized carbons (Fsp3) is 1.00. The molecule has 1 unspecified atom stereocenters. The second-order valence-electron chi connectivity index (χ2n) is 5.50. The van der Waals surface area contributed by atoms with Crippen LogP contribution >= 0.6 is 0 Å². The SMILES string of the molecule is CNC(CCO)CN1CCCC(C)(C)C1. The number of piperidine rings is 1. The third-order valence-electron chi connectivity index (χ3n) is 3.34. The molecule has 1 heterocycles. The summed E-state index contributed by atoms with van der Waals surface area (Å²) in [6.07, 6.45) is 3.50. The minimum atomic E-state index is 0.280. The van der Waals surface area contributed by atoms with Crippen molar-refractivity contribution in [1.82, 2.24) is 10.2 Å². The summed E-state index contributed by atoms with van der Waals surface area (Å²) in [7, 11) is 1.98. The van der Waals surface area contributed by atoms with E-state index < -0.39 is 0 Å². The summed E-state index contributed by atoms with van der Waals surface area (Å²) in [6, 6.07) is 0.434.